The highest BCUT2D eigenvalue weighted by atomic mass is 32.2. The minimum Gasteiger partial charge on any atom is -0.490 e. The molecule has 6 unspecified atom stereocenters. The predicted molar refractivity (Wildman–Crippen MR) is 168 cm³/mol. The second-order valence-electron chi connectivity index (χ2n) is 12.2. The minimum absolute atomic E-state index is 0.00984. The number of anilines is 1. The van der Waals surface area contributed by atoms with Crippen molar-refractivity contribution in [2.45, 2.75) is 29.5 Å². The minimum atomic E-state index is -0.371. The van der Waals surface area contributed by atoms with Gasteiger partial charge >= 0.3 is 4.87 Å². The van der Waals surface area contributed by atoms with Crippen LogP contribution in [0.5, 0.6) is 11.5 Å². The average Bonchev–Trinajstić information content (AvgIpc) is 3.80. The first-order valence-electron chi connectivity index (χ1n) is 15.5. The molecule has 1 aromatic heterocycles. The number of para-hydroxylation sites is 1. The molecule has 0 spiro atoms. The van der Waals surface area contributed by atoms with Gasteiger partial charge in [-0.2, -0.15) is 0 Å². The van der Waals surface area contributed by atoms with Crippen molar-refractivity contribution >= 4 is 46.5 Å². The molecular formula is C33H33N3O7S2. The Morgan fingerprint density at radius 2 is 1.73 bits per heavy atom. The van der Waals surface area contributed by atoms with E-state index in [-0.39, 0.29) is 70.0 Å². The van der Waals surface area contributed by atoms with Crippen molar-refractivity contribution in [3.63, 3.8) is 0 Å². The van der Waals surface area contributed by atoms with Crippen molar-refractivity contribution in [2.24, 2.45) is 29.6 Å². The van der Waals surface area contributed by atoms with Gasteiger partial charge in [0.2, 0.25) is 11.8 Å². The molecule has 10 nitrogen and oxygen atoms in total. The Morgan fingerprint density at radius 1 is 0.978 bits per heavy atom. The number of benzene rings is 2. The molecule has 2 bridgehead atoms. The number of amides is 3. The number of H-pyrrole nitrogens is 1. The zero-order valence-electron chi connectivity index (χ0n) is 24.7. The van der Waals surface area contributed by atoms with Crippen LogP contribution in [0.3, 0.4) is 0 Å². The van der Waals surface area contributed by atoms with Crippen molar-refractivity contribution in [1.82, 2.24) is 9.88 Å². The fourth-order valence-electron chi connectivity index (χ4n) is 8.37. The third-order valence-corrected chi connectivity index (χ3v) is 12.7. The van der Waals surface area contributed by atoms with Crippen LogP contribution in [0.2, 0.25) is 0 Å². The number of thioether (sulfide) groups is 1. The Labute approximate surface area is 268 Å². The van der Waals surface area contributed by atoms with Crippen LogP contribution in [0.4, 0.5) is 5.69 Å². The van der Waals surface area contributed by atoms with E-state index in [1.165, 1.54) is 16.2 Å². The molecule has 45 heavy (non-hydrogen) atoms. The molecule has 4 heterocycles. The monoisotopic (exact) mass is 647 g/mol. The highest BCUT2D eigenvalue weighted by molar-refractivity contribution is 8.00. The van der Waals surface area contributed by atoms with Crippen LogP contribution in [-0.4, -0.2) is 72.4 Å². The molecule has 2 aromatic carbocycles. The molecule has 7 atom stereocenters. The van der Waals surface area contributed by atoms with E-state index < -0.39 is 0 Å². The summed E-state index contributed by atoms with van der Waals surface area (Å²) in [6.45, 7) is 4.34. The maximum atomic E-state index is 14.0. The lowest BCUT2D eigenvalue weighted by molar-refractivity contribution is -0.137. The van der Waals surface area contributed by atoms with E-state index in [0.717, 1.165) is 21.9 Å². The summed E-state index contributed by atoms with van der Waals surface area (Å²) >= 11 is 2.89. The molecule has 3 aliphatic heterocycles. The summed E-state index contributed by atoms with van der Waals surface area (Å²) in [6.07, 6.45) is 0.816. The number of ether oxygens (including phenoxy) is 3. The van der Waals surface area contributed by atoms with E-state index >= 15 is 0 Å². The molecule has 2 saturated carbocycles. The van der Waals surface area contributed by atoms with E-state index in [0.29, 0.717) is 50.1 Å². The lowest BCUT2D eigenvalue weighted by Gasteiger charge is -2.43. The van der Waals surface area contributed by atoms with E-state index in [1.54, 1.807) is 16.7 Å². The molecule has 4 fully saturated rings. The summed E-state index contributed by atoms with van der Waals surface area (Å²) in [7, 11) is 0. The molecule has 5 aliphatic rings. The van der Waals surface area contributed by atoms with Gasteiger partial charge in [0, 0.05) is 29.1 Å². The second-order valence-corrected chi connectivity index (χ2v) is 14.4. The zero-order valence-corrected chi connectivity index (χ0v) is 26.3. The van der Waals surface area contributed by atoms with Crippen LogP contribution < -0.4 is 19.2 Å². The number of hydrogen-bond donors (Lipinski definition) is 1. The Bertz CT molecular complexity index is 1720. The third-order valence-electron chi connectivity index (χ3n) is 10.1. The van der Waals surface area contributed by atoms with Gasteiger partial charge in [0.05, 0.1) is 42.4 Å². The summed E-state index contributed by atoms with van der Waals surface area (Å²) < 4.78 is 17.4. The van der Waals surface area contributed by atoms with Crippen LogP contribution in [0.1, 0.15) is 29.7 Å². The first-order valence-corrected chi connectivity index (χ1v) is 17.2. The number of carbonyl (C=O) groups is 3. The zero-order chi connectivity index (χ0) is 30.8. The van der Waals surface area contributed by atoms with Crippen LogP contribution in [0, 0.1) is 29.6 Å². The van der Waals surface area contributed by atoms with Gasteiger partial charge in [0.1, 0.15) is 0 Å². The van der Waals surface area contributed by atoms with Gasteiger partial charge in [-0.3, -0.25) is 24.1 Å². The number of rotatable bonds is 7. The summed E-state index contributed by atoms with van der Waals surface area (Å²) in [5.41, 5.74) is 1.60. The fourth-order valence-corrected chi connectivity index (χ4v) is 11.3. The fraction of sp³-hybridized carbons (Fsp3) is 0.455. The highest BCUT2D eigenvalue weighted by Crippen LogP contribution is 2.68. The summed E-state index contributed by atoms with van der Waals surface area (Å²) in [4.78, 5) is 60.2. The van der Waals surface area contributed by atoms with E-state index in [1.807, 2.05) is 55.5 Å². The van der Waals surface area contributed by atoms with Crippen LogP contribution in [-0.2, 0) is 19.1 Å². The van der Waals surface area contributed by atoms with Gasteiger partial charge in [0.25, 0.3) is 5.91 Å². The van der Waals surface area contributed by atoms with Crippen molar-refractivity contribution in [3.05, 3.63) is 68.6 Å². The summed E-state index contributed by atoms with van der Waals surface area (Å²) in [5.74, 6) is -0.0436. The van der Waals surface area contributed by atoms with Gasteiger partial charge in [0.15, 0.2) is 18.1 Å². The normalized spacial score (nSPS) is 29.8. The van der Waals surface area contributed by atoms with Gasteiger partial charge < -0.3 is 24.1 Å². The molecule has 2 saturated heterocycles. The quantitative estimate of drug-likeness (QED) is 0.386. The Balaban J connectivity index is 1.13. The van der Waals surface area contributed by atoms with Crippen LogP contribution in [0.25, 0.3) is 0 Å². The maximum absolute atomic E-state index is 14.0. The number of morpholine rings is 1. The molecular weight excluding hydrogens is 615 g/mol. The highest BCUT2D eigenvalue weighted by Gasteiger charge is 2.69. The Morgan fingerprint density at radius 3 is 2.49 bits per heavy atom. The maximum Gasteiger partial charge on any atom is 0.305 e. The number of hydrogen-bond acceptors (Lipinski definition) is 9. The number of fused-ring (bicyclic) bond motifs is 9. The Hall–Kier alpha value is -3.61. The van der Waals surface area contributed by atoms with Crippen LogP contribution >= 0.6 is 23.1 Å². The number of nitrogens with one attached hydrogen (secondary N) is 1. The van der Waals surface area contributed by atoms with Gasteiger partial charge in [-0.25, -0.2) is 0 Å². The van der Waals surface area contributed by atoms with E-state index in [2.05, 4.69) is 4.98 Å². The molecule has 2 aliphatic carbocycles. The van der Waals surface area contributed by atoms with Gasteiger partial charge in [-0.1, -0.05) is 35.6 Å². The smallest absolute Gasteiger partial charge is 0.305 e. The SMILES string of the molecule is CCOc1cc([C@H]2c3sc(=O)[nH]c3SC3C4CC(C5C(=O)N(c6ccccc6)C(=O)C45)C32)ccc1OCC(=O)N1CCOCC1. The summed E-state index contributed by atoms with van der Waals surface area (Å²) in [5, 5.41) is 0.940. The number of thiazole rings is 1. The predicted octanol–water partition coefficient (Wildman–Crippen LogP) is 3.75. The molecule has 3 amide bonds. The average molecular weight is 648 g/mol. The number of aromatic amines is 1. The molecule has 3 aromatic rings. The first-order chi connectivity index (χ1) is 21.9. The number of carbonyl (C=O) groups excluding carboxylic acids is 3. The van der Waals surface area contributed by atoms with Crippen molar-refractivity contribution < 1.29 is 28.6 Å². The van der Waals surface area contributed by atoms with Gasteiger partial charge in [-0.05, 0) is 60.9 Å². The number of aromatic nitrogens is 1. The number of imide groups is 1. The topological polar surface area (TPSA) is 118 Å². The lowest BCUT2D eigenvalue weighted by Crippen LogP contribution is -2.43. The molecule has 1 N–H and O–H groups in total. The van der Waals surface area contributed by atoms with Crippen molar-refractivity contribution in [3.8, 4) is 11.5 Å². The van der Waals surface area contributed by atoms with E-state index in [9.17, 15) is 19.2 Å². The summed E-state index contributed by atoms with van der Waals surface area (Å²) in [6, 6.07) is 15.0. The number of nitrogens with zero attached hydrogens (tertiary/aromatic N) is 2. The van der Waals surface area contributed by atoms with Crippen molar-refractivity contribution in [2.75, 3.05) is 44.4 Å². The molecule has 234 valence electrons. The van der Waals surface area contributed by atoms with Crippen LogP contribution in [0.15, 0.2) is 58.4 Å². The molecule has 8 rings (SSSR count). The lowest BCUT2D eigenvalue weighted by atomic mass is 9.68. The standard InChI is InChI=1S/C33H33N3O7S2/c1-2-42-22-14-17(8-9-21(22)43-16-23(37)35-10-12-41-13-11-35)24-25-19-15-20(28(25)44-30-29(24)45-33(40)34-30)27-26(19)31(38)36(32(27)39)18-6-4-3-5-7-18/h3-9,14,19-20,24-28H,2,10-13,15-16H2,1H3,(H,34,40)/t19?,20?,24-,25?,26?,27?,28?/m1/s1. The van der Waals surface area contributed by atoms with E-state index in [4.69, 9.17) is 14.2 Å². The molecule has 0 radical (unpaired) electrons. The largest absolute Gasteiger partial charge is 0.490 e. The first kappa shape index (κ1) is 28.8. The molecule has 12 heteroatoms. The Kier molecular flexibility index (Phi) is 7.26. The van der Waals surface area contributed by atoms with Gasteiger partial charge in [-0.15, -0.1) is 11.8 Å². The van der Waals surface area contributed by atoms with Crippen molar-refractivity contribution in [1.29, 1.82) is 0 Å². The second kappa shape index (κ2) is 11.3. The third kappa shape index (κ3) is 4.63.